The average molecular weight is 413 g/mol. The first-order valence-electron chi connectivity index (χ1n) is 11.8. The van der Waals surface area contributed by atoms with Crippen molar-refractivity contribution in [2.75, 3.05) is 6.54 Å². The quantitative estimate of drug-likeness (QED) is 0.583. The first kappa shape index (κ1) is 20.3. The molecule has 160 valence electrons. The first-order chi connectivity index (χ1) is 15.2. The Morgan fingerprint density at radius 3 is 2.26 bits per heavy atom. The molecule has 1 N–H and O–H groups in total. The molecule has 31 heavy (non-hydrogen) atoms. The summed E-state index contributed by atoms with van der Waals surface area (Å²) in [6.07, 6.45) is 6.47. The van der Waals surface area contributed by atoms with Crippen molar-refractivity contribution in [2.45, 2.75) is 57.7 Å². The second-order valence-electron chi connectivity index (χ2n) is 9.41. The van der Waals surface area contributed by atoms with Crippen LogP contribution in [-0.4, -0.2) is 23.4 Å². The third kappa shape index (κ3) is 4.99. The highest BCUT2D eigenvalue weighted by atomic mass is 16.1. The Balaban J connectivity index is 1.04. The van der Waals surface area contributed by atoms with E-state index in [9.17, 15) is 4.79 Å². The van der Waals surface area contributed by atoms with E-state index in [0.717, 1.165) is 37.4 Å². The summed E-state index contributed by atoms with van der Waals surface area (Å²) < 4.78 is 0. The van der Waals surface area contributed by atoms with Gasteiger partial charge in [0.2, 0.25) is 5.91 Å². The molecule has 2 aliphatic rings. The number of fused-ring (bicyclic) bond motifs is 2. The predicted octanol–water partition coefficient (Wildman–Crippen LogP) is 5.46. The Morgan fingerprint density at radius 1 is 0.839 bits per heavy atom. The zero-order valence-electron chi connectivity index (χ0n) is 18.2. The fourth-order valence-electron chi connectivity index (χ4n) is 5.34. The predicted molar refractivity (Wildman–Crippen MR) is 127 cm³/mol. The van der Waals surface area contributed by atoms with Gasteiger partial charge >= 0.3 is 0 Å². The molecule has 1 aliphatic carbocycles. The highest BCUT2D eigenvalue weighted by Gasteiger charge is 2.24. The molecule has 3 nitrogen and oxygen atoms in total. The SMILES string of the molecule is O=C(Cc1ccc2ccccc2c1)NC1CCC(CCN2Cc3ccccc3C2)CC1. The van der Waals surface area contributed by atoms with Crippen LogP contribution in [0.15, 0.2) is 66.7 Å². The number of nitrogens with zero attached hydrogens (tertiary/aromatic N) is 1. The molecule has 0 aromatic heterocycles. The summed E-state index contributed by atoms with van der Waals surface area (Å²) in [6, 6.07) is 23.8. The molecule has 1 amide bonds. The van der Waals surface area contributed by atoms with Gasteiger partial charge in [-0.15, -0.1) is 0 Å². The van der Waals surface area contributed by atoms with Gasteiger partial charge in [-0.25, -0.2) is 0 Å². The summed E-state index contributed by atoms with van der Waals surface area (Å²) >= 11 is 0. The van der Waals surface area contributed by atoms with Crippen LogP contribution in [0.4, 0.5) is 0 Å². The number of carbonyl (C=O) groups is 1. The summed E-state index contributed by atoms with van der Waals surface area (Å²) in [6.45, 7) is 3.41. The second kappa shape index (κ2) is 9.23. The molecule has 0 bridgehead atoms. The van der Waals surface area contributed by atoms with E-state index >= 15 is 0 Å². The van der Waals surface area contributed by atoms with Gasteiger partial charge in [0, 0.05) is 19.1 Å². The van der Waals surface area contributed by atoms with E-state index in [-0.39, 0.29) is 5.91 Å². The smallest absolute Gasteiger partial charge is 0.224 e. The molecule has 1 heterocycles. The summed E-state index contributed by atoms with van der Waals surface area (Å²) in [5, 5.41) is 5.72. The van der Waals surface area contributed by atoms with Crippen LogP contribution in [0, 0.1) is 5.92 Å². The molecule has 3 heteroatoms. The molecule has 5 rings (SSSR count). The van der Waals surface area contributed by atoms with Gasteiger partial charge in [-0.3, -0.25) is 9.69 Å². The maximum atomic E-state index is 12.6. The molecule has 0 radical (unpaired) electrons. The van der Waals surface area contributed by atoms with Crippen molar-refractivity contribution in [3.63, 3.8) is 0 Å². The number of carbonyl (C=O) groups excluding carboxylic acids is 1. The zero-order valence-corrected chi connectivity index (χ0v) is 18.2. The fraction of sp³-hybridized carbons (Fsp3) is 0.393. The normalized spacial score (nSPS) is 21.2. The molecular formula is C28H32N2O. The maximum absolute atomic E-state index is 12.6. The Bertz CT molecular complexity index is 1030. The minimum Gasteiger partial charge on any atom is -0.353 e. The molecular weight excluding hydrogens is 380 g/mol. The van der Waals surface area contributed by atoms with Gasteiger partial charge in [0.25, 0.3) is 0 Å². The number of amides is 1. The fourth-order valence-corrected chi connectivity index (χ4v) is 5.34. The Hall–Kier alpha value is -2.65. The van der Waals surface area contributed by atoms with E-state index in [2.05, 4.69) is 70.9 Å². The largest absolute Gasteiger partial charge is 0.353 e. The molecule has 1 saturated carbocycles. The van der Waals surface area contributed by atoms with Crippen LogP contribution in [0.5, 0.6) is 0 Å². The van der Waals surface area contributed by atoms with E-state index in [1.165, 1.54) is 47.7 Å². The van der Waals surface area contributed by atoms with Crippen LogP contribution in [0.2, 0.25) is 0 Å². The molecule has 3 aromatic rings. The van der Waals surface area contributed by atoms with E-state index < -0.39 is 0 Å². The number of benzene rings is 3. The van der Waals surface area contributed by atoms with E-state index in [0.29, 0.717) is 12.5 Å². The van der Waals surface area contributed by atoms with Crippen LogP contribution >= 0.6 is 0 Å². The van der Waals surface area contributed by atoms with Gasteiger partial charge in [-0.1, -0.05) is 66.7 Å². The first-order valence-corrected chi connectivity index (χ1v) is 11.8. The lowest BCUT2D eigenvalue weighted by Gasteiger charge is -2.30. The lowest BCUT2D eigenvalue weighted by molar-refractivity contribution is -0.121. The second-order valence-corrected chi connectivity index (χ2v) is 9.41. The van der Waals surface area contributed by atoms with Gasteiger partial charge in [-0.2, -0.15) is 0 Å². The molecule has 0 atom stereocenters. The zero-order chi connectivity index (χ0) is 21.0. The van der Waals surface area contributed by atoms with Crippen molar-refractivity contribution in [3.8, 4) is 0 Å². The van der Waals surface area contributed by atoms with Gasteiger partial charge in [0.05, 0.1) is 6.42 Å². The van der Waals surface area contributed by atoms with Crippen molar-refractivity contribution in [1.82, 2.24) is 10.2 Å². The van der Waals surface area contributed by atoms with Gasteiger partial charge in [0.1, 0.15) is 0 Å². The molecule has 0 saturated heterocycles. The van der Waals surface area contributed by atoms with E-state index in [1.807, 2.05) is 6.07 Å². The highest BCUT2D eigenvalue weighted by molar-refractivity contribution is 5.85. The average Bonchev–Trinajstić information content (AvgIpc) is 3.21. The minimum absolute atomic E-state index is 0.161. The minimum atomic E-state index is 0.161. The van der Waals surface area contributed by atoms with Crippen molar-refractivity contribution in [1.29, 1.82) is 0 Å². The monoisotopic (exact) mass is 412 g/mol. The summed E-state index contributed by atoms with van der Waals surface area (Å²) in [5.74, 6) is 0.964. The van der Waals surface area contributed by atoms with Crippen molar-refractivity contribution < 1.29 is 4.79 Å². The topological polar surface area (TPSA) is 32.3 Å². The number of rotatable bonds is 6. The van der Waals surface area contributed by atoms with Crippen LogP contribution in [0.3, 0.4) is 0 Å². The molecule has 3 aromatic carbocycles. The van der Waals surface area contributed by atoms with Crippen molar-refractivity contribution >= 4 is 16.7 Å². The van der Waals surface area contributed by atoms with Gasteiger partial charge in [0.15, 0.2) is 0 Å². The molecule has 1 aliphatic heterocycles. The highest BCUT2D eigenvalue weighted by Crippen LogP contribution is 2.29. The van der Waals surface area contributed by atoms with Crippen LogP contribution in [0.1, 0.15) is 48.8 Å². The summed E-state index contributed by atoms with van der Waals surface area (Å²) in [5.41, 5.74) is 4.09. The summed E-state index contributed by atoms with van der Waals surface area (Å²) in [7, 11) is 0. The van der Waals surface area contributed by atoms with Crippen molar-refractivity contribution in [2.24, 2.45) is 5.92 Å². The third-order valence-electron chi connectivity index (χ3n) is 7.15. The summed E-state index contributed by atoms with van der Waals surface area (Å²) in [4.78, 5) is 15.2. The Labute approximate surface area is 185 Å². The van der Waals surface area contributed by atoms with E-state index in [1.54, 1.807) is 0 Å². The number of hydrogen-bond acceptors (Lipinski definition) is 2. The maximum Gasteiger partial charge on any atom is 0.224 e. The molecule has 1 fully saturated rings. The van der Waals surface area contributed by atoms with Gasteiger partial charge < -0.3 is 5.32 Å². The van der Waals surface area contributed by atoms with Crippen molar-refractivity contribution in [3.05, 3.63) is 83.4 Å². The van der Waals surface area contributed by atoms with Crippen LogP contribution in [-0.2, 0) is 24.3 Å². The van der Waals surface area contributed by atoms with Crippen LogP contribution < -0.4 is 5.32 Å². The lowest BCUT2D eigenvalue weighted by atomic mass is 9.84. The standard InChI is InChI=1S/C28H32N2O/c31-28(18-22-9-12-23-5-1-2-6-24(23)17-22)29-27-13-10-21(11-14-27)15-16-30-19-25-7-3-4-8-26(25)20-30/h1-9,12,17,21,27H,10-11,13-16,18-20H2,(H,29,31). The third-order valence-corrected chi connectivity index (χ3v) is 7.15. The molecule has 0 spiro atoms. The molecule has 0 unspecified atom stereocenters. The Morgan fingerprint density at radius 2 is 1.52 bits per heavy atom. The number of hydrogen-bond donors (Lipinski definition) is 1. The van der Waals surface area contributed by atoms with E-state index in [4.69, 9.17) is 0 Å². The van der Waals surface area contributed by atoms with Gasteiger partial charge in [-0.05, 0) is 72.0 Å². The number of nitrogens with one attached hydrogen (secondary N) is 1. The lowest BCUT2D eigenvalue weighted by Crippen LogP contribution is -2.38. The van der Waals surface area contributed by atoms with Crippen LogP contribution in [0.25, 0.3) is 10.8 Å². The Kier molecular flexibility index (Phi) is 6.04.